The summed E-state index contributed by atoms with van der Waals surface area (Å²) in [5.41, 5.74) is 3.15. The number of imide groups is 1. The quantitative estimate of drug-likeness (QED) is 0.657. The lowest BCUT2D eigenvalue weighted by molar-refractivity contribution is -0.122. The molecule has 30 heavy (non-hydrogen) atoms. The molecule has 3 aromatic heterocycles. The maximum Gasteiger partial charge on any atom is 0.327 e. The standard InChI is InChI=1S/C22H23N5O3/c1-13(2)21(28)27-22(29)26-20-8-7-19(15(4)25-20)30-17-9-10-23-18(11-17)16-6-5-14(3)24-12-16/h5-13H,1-4H3,(H2,25,26,27,28,29). The van der Waals surface area contributed by atoms with Gasteiger partial charge in [-0.25, -0.2) is 9.78 Å². The summed E-state index contributed by atoms with van der Waals surface area (Å²) in [6.07, 6.45) is 3.43. The molecule has 0 radical (unpaired) electrons. The topological polar surface area (TPSA) is 106 Å². The Balaban J connectivity index is 1.70. The van der Waals surface area contributed by atoms with Crippen molar-refractivity contribution in [3.05, 3.63) is 60.2 Å². The molecule has 0 unspecified atom stereocenters. The van der Waals surface area contributed by atoms with Gasteiger partial charge in [-0.05, 0) is 44.2 Å². The van der Waals surface area contributed by atoms with Gasteiger partial charge in [0.25, 0.3) is 0 Å². The largest absolute Gasteiger partial charge is 0.455 e. The van der Waals surface area contributed by atoms with Gasteiger partial charge in [-0.1, -0.05) is 13.8 Å². The van der Waals surface area contributed by atoms with Gasteiger partial charge < -0.3 is 4.74 Å². The van der Waals surface area contributed by atoms with Crippen LogP contribution in [0.1, 0.15) is 25.2 Å². The highest BCUT2D eigenvalue weighted by molar-refractivity contribution is 6.01. The number of rotatable bonds is 5. The van der Waals surface area contributed by atoms with E-state index >= 15 is 0 Å². The van der Waals surface area contributed by atoms with E-state index in [1.165, 1.54) is 0 Å². The van der Waals surface area contributed by atoms with Crippen LogP contribution in [0.15, 0.2) is 48.8 Å². The molecular formula is C22H23N5O3. The van der Waals surface area contributed by atoms with Crippen molar-refractivity contribution in [3.8, 4) is 22.8 Å². The summed E-state index contributed by atoms with van der Waals surface area (Å²) < 4.78 is 5.95. The summed E-state index contributed by atoms with van der Waals surface area (Å²) in [5.74, 6) is 0.809. The van der Waals surface area contributed by atoms with Gasteiger partial charge >= 0.3 is 6.03 Å². The van der Waals surface area contributed by atoms with Gasteiger partial charge in [-0.3, -0.25) is 25.4 Å². The molecule has 3 amide bonds. The molecule has 0 bridgehead atoms. The Morgan fingerprint density at radius 2 is 1.83 bits per heavy atom. The molecule has 0 fully saturated rings. The van der Waals surface area contributed by atoms with Gasteiger partial charge in [0.05, 0.1) is 11.4 Å². The Bertz CT molecular complexity index is 1060. The van der Waals surface area contributed by atoms with Crippen LogP contribution in [0.4, 0.5) is 10.6 Å². The van der Waals surface area contributed by atoms with Gasteiger partial charge in [0, 0.05) is 35.6 Å². The van der Waals surface area contributed by atoms with E-state index in [9.17, 15) is 9.59 Å². The molecule has 0 saturated carbocycles. The van der Waals surface area contributed by atoms with Crippen molar-refractivity contribution in [3.63, 3.8) is 0 Å². The number of hydrogen-bond acceptors (Lipinski definition) is 6. The van der Waals surface area contributed by atoms with Crippen LogP contribution in [0.25, 0.3) is 11.3 Å². The van der Waals surface area contributed by atoms with Crippen LogP contribution >= 0.6 is 0 Å². The predicted octanol–water partition coefficient (Wildman–Crippen LogP) is 4.25. The van der Waals surface area contributed by atoms with Gasteiger partial charge in [-0.15, -0.1) is 0 Å². The van der Waals surface area contributed by atoms with Crippen molar-refractivity contribution >= 4 is 17.8 Å². The number of amides is 3. The van der Waals surface area contributed by atoms with E-state index in [1.54, 1.807) is 51.4 Å². The van der Waals surface area contributed by atoms with Crippen molar-refractivity contribution in [1.29, 1.82) is 0 Å². The minimum atomic E-state index is -0.625. The second-order valence-corrected chi connectivity index (χ2v) is 7.05. The average molecular weight is 405 g/mol. The number of anilines is 1. The molecule has 0 aliphatic rings. The molecule has 2 N–H and O–H groups in total. The van der Waals surface area contributed by atoms with Crippen LogP contribution in [0, 0.1) is 19.8 Å². The second kappa shape index (κ2) is 9.13. The molecule has 154 valence electrons. The smallest absolute Gasteiger partial charge is 0.327 e. The number of carbonyl (C=O) groups excluding carboxylic acids is 2. The first kappa shape index (κ1) is 20.9. The fourth-order valence-corrected chi connectivity index (χ4v) is 2.51. The molecule has 8 heteroatoms. The number of nitrogens with one attached hydrogen (secondary N) is 2. The average Bonchev–Trinajstić information content (AvgIpc) is 2.70. The first-order chi connectivity index (χ1) is 14.3. The Labute approximate surface area is 174 Å². The number of hydrogen-bond donors (Lipinski definition) is 2. The lowest BCUT2D eigenvalue weighted by Crippen LogP contribution is -2.37. The van der Waals surface area contributed by atoms with E-state index in [-0.39, 0.29) is 11.8 Å². The molecule has 0 saturated heterocycles. The van der Waals surface area contributed by atoms with E-state index in [1.807, 2.05) is 25.1 Å². The highest BCUT2D eigenvalue weighted by atomic mass is 16.5. The molecule has 0 atom stereocenters. The highest BCUT2D eigenvalue weighted by Crippen LogP contribution is 2.27. The number of pyridine rings is 3. The highest BCUT2D eigenvalue weighted by Gasteiger charge is 2.13. The normalized spacial score (nSPS) is 10.6. The minimum absolute atomic E-state index is 0.290. The van der Waals surface area contributed by atoms with Crippen molar-refractivity contribution in [1.82, 2.24) is 20.3 Å². The monoisotopic (exact) mass is 405 g/mol. The number of nitrogens with zero attached hydrogens (tertiary/aromatic N) is 3. The third-order valence-electron chi connectivity index (χ3n) is 4.21. The lowest BCUT2D eigenvalue weighted by Gasteiger charge is -2.12. The van der Waals surface area contributed by atoms with Crippen molar-refractivity contribution in [2.24, 2.45) is 5.92 Å². The SMILES string of the molecule is Cc1ccc(-c2cc(Oc3ccc(NC(=O)NC(=O)C(C)C)nc3C)ccn2)cn1. The van der Waals surface area contributed by atoms with Gasteiger partial charge in [-0.2, -0.15) is 0 Å². The Morgan fingerprint density at radius 3 is 2.50 bits per heavy atom. The summed E-state index contributed by atoms with van der Waals surface area (Å²) in [6, 6.07) is 10.1. The summed E-state index contributed by atoms with van der Waals surface area (Å²) in [5, 5.41) is 4.79. The van der Waals surface area contributed by atoms with Crippen molar-refractivity contribution < 1.29 is 14.3 Å². The van der Waals surface area contributed by atoms with Crippen molar-refractivity contribution in [2.75, 3.05) is 5.32 Å². The number of carbonyl (C=O) groups is 2. The fraction of sp³-hybridized carbons (Fsp3) is 0.227. The van der Waals surface area contributed by atoms with E-state index in [4.69, 9.17) is 4.74 Å². The molecule has 3 rings (SSSR count). The van der Waals surface area contributed by atoms with Crippen LogP contribution < -0.4 is 15.4 Å². The molecule has 3 heterocycles. The van der Waals surface area contributed by atoms with Gasteiger partial charge in [0.2, 0.25) is 5.91 Å². The Hall–Kier alpha value is -3.81. The number of urea groups is 1. The molecule has 0 aliphatic carbocycles. The molecule has 0 spiro atoms. The number of ether oxygens (including phenoxy) is 1. The van der Waals surface area contributed by atoms with Crippen LogP contribution in [0.3, 0.4) is 0 Å². The Morgan fingerprint density at radius 1 is 1.03 bits per heavy atom. The molecule has 8 nitrogen and oxygen atoms in total. The Kier molecular flexibility index (Phi) is 6.36. The van der Waals surface area contributed by atoms with Crippen LogP contribution in [-0.2, 0) is 4.79 Å². The third-order valence-corrected chi connectivity index (χ3v) is 4.21. The predicted molar refractivity (Wildman–Crippen MR) is 113 cm³/mol. The first-order valence-electron chi connectivity index (χ1n) is 9.48. The van der Waals surface area contributed by atoms with Crippen LogP contribution in [0.2, 0.25) is 0 Å². The van der Waals surface area contributed by atoms with Crippen molar-refractivity contribution in [2.45, 2.75) is 27.7 Å². The maximum atomic E-state index is 11.9. The van der Waals surface area contributed by atoms with E-state index < -0.39 is 6.03 Å². The van der Waals surface area contributed by atoms with Gasteiger partial charge in [0.1, 0.15) is 17.3 Å². The van der Waals surface area contributed by atoms with E-state index in [0.717, 1.165) is 17.0 Å². The fourth-order valence-electron chi connectivity index (χ4n) is 2.51. The lowest BCUT2D eigenvalue weighted by atomic mass is 10.2. The van der Waals surface area contributed by atoms with Crippen LogP contribution in [0.5, 0.6) is 11.5 Å². The number of aryl methyl sites for hydroxylation is 2. The molecule has 0 aromatic carbocycles. The van der Waals surface area contributed by atoms with E-state index in [0.29, 0.717) is 23.0 Å². The zero-order valence-electron chi connectivity index (χ0n) is 17.3. The zero-order chi connectivity index (χ0) is 21.7. The number of aromatic nitrogens is 3. The summed E-state index contributed by atoms with van der Waals surface area (Å²) in [4.78, 5) is 36.5. The first-order valence-corrected chi connectivity index (χ1v) is 9.48. The summed E-state index contributed by atoms with van der Waals surface area (Å²) in [7, 11) is 0. The summed E-state index contributed by atoms with van der Waals surface area (Å²) in [6.45, 7) is 7.11. The molecular weight excluding hydrogens is 382 g/mol. The third kappa shape index (κ3) is 5.38. The van der Waals surface area contributed by atoms with E-state index in [2.05, 4.69) is 25.6 Å². The maximum absolute atomic E-state index is 11.9. The zero-order valence-corrected chi connectivity index (χ0v) is 17.3. The second-order valence-electron chi connectivity index (χ2n) is 7.05. The minimum Gasteiger partial charge on any atom is -0.455 e. The molecule has 0 aliphatic heterocycles. The summed E-state index contributed by atoms with van der Waals surface area (Å²) >= 11 is 0. The van der Waals surface area contributed by atoms with Crippen LogP contribution in [-0.4, -0.2) is 26.9 Å². The van der Waals surface area contributed by atoms with Gasteiger partial charge in [0.15, 0.2) is 0 Å². The molecule has 3 aromatic rings.